The molecule has 1 heterocycles. The van der Waals surface area contributed by atoms with Crippen molar-refractivity contribution in [2.75, 3.05) is 0 Å². The van der Waals surface area contributed by atoms with Crippen molar-refractivity contribution in [1.29, 1.82) is 0 Å². The standard InChI is InChI=1S/C21H18BrCl2N3O3/c1-3-4-5-19-26-18-7-6-14(22)10-15(18)21(29)27(19)25-11-13-8-16(23)20(17(24)9-13)30-12(2)28/h6-11H,3-5H2,1-2H3. The highest BCUT2D eigenvalue weighted by atomic mass is 79.9. The Kier molecular flexibility index (Phi) is 7.28. The van der Waals surface area contributed by atoms with Crippen LogP contribution in [0.1, 0.15) is 38.1 Å². The molecule has 0 atom stereocenters. The number of hydrogen-bond acceptors (Lipinski definition) is 5. The van der Waals surface area contributed by atoms with E-state index in [0.717, 1.165) is 17.3 Å². The van der Waals surface area contributed by atoms with E-state index in [2.05, 4.69) is 32.9 Å². The smallest absolute Gasteiger partial charge is 0.308 e. The lowest BCUT2D eigenvalue weighted by molar-refractivity contribution is -0.131. The fraction of sp³-hybridized carbons (Fsp3) is 0.238. The fourth-order valence-corrected chi connectivity index (χ4v) is 3.77. The number of halogens is 3. The van der Waals surface area contributed by atoms with E-state index in [1.54, 1.807) is 24.3 Å². The number of carbonyl (C=O) groups is 1. The van der Waals surface area contributed by atoms with Gasteiger partial charge in [0.1, 0.15) is 5.82 Å². The van der Waals surface area contributed by atoms with Crippen molar-refractivity contribution in [3.8, 4) is 5.75 Å². The summed E-state index contributed by atoms with van der Waals surface area (Å²) in [5, 5.41) is 5.15. The average molecular weight is 511 g/mol. The molecule has 0 N–H and O–H groups in total. The first kappa shape index (κ1) is 22.5. The number of hydrogen-bond donors (Lipinski definition) is 0. The Balaban J connectivity index is 2.07. The topological polar surface area (TPSA) is 73.6 Å². The molecule has 0 fully saturated rings. The number of benzene rings is 2. The van der Waals surface area contributed by atoms with Crippen LogP contribution in [0.3, 0.4) is 0 Å². The third-order valence-corrected chi connectivity index (χ3v) is 5.27. The molecule has 0 saturated carbocycles. The summed E-state index contributed by atoms with van der Waals surface area (Å²) in [5.74, 6) is 0.128. The molecule has 0 radical (unpaired) electrons. The van der Waals surface area contributed by atoms with E-state index < -0.39 is 5.97 Å². The maximum Gasteiger partial charge on any atom is 0.308 e. The van der Waals surface area contributed by atoms with Crippen molar-refractivity contribution in [2.24, 2.45) is 5.10 Å². The largest absolute Gasteiger partial charge is 0.424 e. The van der Waals surface area contributed by atoms with Crippen molar-refractivity contribution in [2.45, 2.75) is 33.1 Å². The van der Waals surface area contributed by atoms with E-state index in [1.165, 1.54) is 17.8 Å². The van der Waals surface area contributed by atoms with Gasteiger partial charge in [0.2, 0.25) is 0 Å². The van der Waals surface area contributed by atoms with Crippen LogP contribution in [0.2, 0.25) is 10.0 Å². The number of rotatable bonds is 6. The lowest BCUT2D eigenvalue weighted by Crippen LogP contribution is -2.22. The van der Waals surface area contributed by atoms with Gasteiger partial charge in [-0.25, -0.2) is 4.98 Å². The molecule has 3 aromatic rings. The van der Waals surface area contributed by atoms with E-state index in [0.29, 0.717) is 28.7 Å². The Labute approximate surface area is 191 Å². The first-order chi connectivity index (χ1) is 14.3. The second kappa shape index (κ2) is 9.73. The highest BCUT2D eigenvalue weighted by Gasteiger charge is 2.13. The number of nitrogens with zero attached hydrogens (tertiary/aromatic N) is 3. The lowest BCUT2D eigenvalue weighted by atomic mass is 10.2. The summed E-state index contributed by atoms with van der Waals surface area (Å²) in [6.45, 7) is 3.33. The van der Waals surface area contributed by atoms with Crippen LogP contribution in [0.15, 0.2) is 44.7 Å². The number of unbranched alkanes of at least 4 members (excludes halogenated alkanes) is 1. The fourth-order valence-electron chi connectivity index (χ4n) is 2.83. The molecule has 6 nitrogen and oxygen atoms in total. The van der Waals surface area contributed by atoms with Crippen LogP contribution in [-0.4, -0.2) is 21.8 Å². The minimum absolute atomic E-state index is 0.0843. The van der Waals surface area contributed by atoms with Crippen LogP contribution >= 0.6 is 39.1 Å². The van der Waals surface area contributed by atoms with Gasteiger partial charge in [-0.15, -0.1) is 0 Å². The summed E-state index contributed by atoms with van der Waals surface area (Å²) in [4.78, 5) is 28.9. The monoisotopic (exact) mass is 509 g/mol. The SMILES string of the molecule is CCCCc1nc2ccc(Br)cc2c(=O)n1N=Cc1cc(Cl)c(OC(C)=O)c(Cl)c1. The molecule has 156 valence electrons. The van der Waals surface area contributed by atoms with Gasteiger partial charge in [0.15, 0.2) is 5.75 Å². The first-order valence-electron chi connectivity index (χ1n) is 9.23. The molecule has 0 aliphatic carbocycles. The van der Waals surface area contributed by atoms with E-state index >= 15 is 0 Å². The van der Waals surface area contributed by atoms with Crippen LogP contribution in [0.4, 0.5) is 0 Å². The maximum absolute atomic E-state index is 13.1. The predicted molar refractivity (Wildman–Crippen MR) is 123 cm³/mol. The number of esters is 1. The van der Waals surface area contributed by atoms with Crippen molar-refractivity contribution >= 4 is 62.2 Å². The Hall–Kier alpha value is -2.22. The number of aromatic nitrogens is 2. The summed E-state index contributed by atoms with van der Waals surface area (Å²) in [6.07, 6.45) is 3.92. The molecule has 9 heteroatoms. The Morgan fingerprint density at radius 2 is 1.97 bits per heavy atom. The van der Waals surface area contributed by atoms with E-state index in [1.807, 2.05) is 6.07 Å². The molecule has 2 aromatic carbocycles. The Bertz CT molecular complexity index is 1190. The van der Waals surface area contributed by atoms with E-state index in [-0.39, 0.29) is 21.4 Å². The third kappa shape index (κ3) is 5.09. The molecule has 30 heavy (non-hydrogen) atoms. The van der Waals surface area contributed by atoms with Gasteiger partial charge in [0, 0.05) is 17.8 Å². The lowest BCUT2D eigenvalue weighted by Gasteiger charge is -2.10. The van der Waals surface area contributed by atoms with Crippen LogP contribution < -0.4 is 10.3 Å². The minimum atomic E-state index is -0.527. The zero-order valence-corrected chi connectivity index (χ0v) is 19.4. The van der Waals surface area contributed by atoms with Gasteiger partial charge in [0.25, 0.3) is 5.56 Å². The van der Waals surface area contributed by atoms with Crippen LogP contribution in [0, 0.1) is 0 Å². The van der Waals surface area contributed by atoms with Crippen molar-refractivity contribution in [3.05, 3.63) is 66.6 Å². The van der Waals surface area contributed by atoms with Crippen LogP contribution in [0.5, 0.6) is 5.75 Å². The van der Waals surface area contributed by atoms with Gasteiger partial charge in [0.05, 0.1) is 27.2 Å². The summed E-state index contributed by atoms with van der Waals surface area (Å²) in [6, 6.07) is 8.48. The molecule has 0 saturated heterocycles. The Morgan fingerprint density at radius 1 is 1.27 bits per heavy atom. The normalized spacial score (nSPS) is 11.4. The highest BCUT2D eigenvalue weighted by Crippen LogP contribution is 2.34. The Morgan fingerprint density at radius 3 is 2.60 bits per heavy atom. The molecule has 0 aliphatic heterocycles. The second-order valence-electron chi connectivity index (χ2n) is 6.56. The summed E-state index contributed by atoms with van der Waals surface area (Å²) >= 11 is 15.7. The molecule has 0 spiro atoms. The van der Waals surface area contributed by atoms with Crippen molar-refractivity contribution in [3.63, 3.8) is 0 Å². The number of aryl methyl sites for hydroxylation is 1. The third-order valence-electron chi connectivity index (χ3n) is 4.22. The predicted octanol–water partition coefficient (Wildman–Crippen LogP) is 5.62. The number of carbonyl (C=O) groups excluding carboxylic acids is 1. The average Bonchev–Trinajstić information content (AvgIpc) is 2.69. The minimum Gasteiger partial charge on any atom is -0.424 e. The zero-order chi connectivity index (χ0) is 21.8. The van der Waals surface area contributed by atoms with Gasteiger partial charge in [-0.3, -0.25) is 9.59 Å². The van der Waals surface area contributed by atoms with Crippen LogP contribution in [-0.2, 0) is 11.2 Å². The van der Waals surface area contributed by atoms with Crippen molar-refractivity contribution in [1.82, 2.24) is 9.66 Å². The van der Waals surface area contributed by atoms with E-state index in [4.69, 9.17) is 27.9 Å². The van der Waals surface area contributed by atoms with Gasteiger partial charge in [-0.1, -0.05) is 52.5 Å². The summed E-state index contributed by atoms with van der Waals surface area (Å²) in [5.41, 5.74) is 0.901. The molecule has 0 bridgehead atoms. The molecule has 0 unspecified atom stereocenters. The van der Waals surface area contributed by atoms with Gasteiger partial charge in [-0.2, -0.15) is 9.78 Å². The van der Waals surface area contributed by atoms with Gasteiger partial charge in [-0.05, 0) is 42.3 Å². The number of fused-ring (bicyclic) bond motifs is 1. The molecular weight excluding hydrogens is 493 g/mol. The van der Waals surface area contributed by atoms with Crippen LogP contribution in [0.25, 0.3) is 10.9 Å². The zero-order valence-electron chi connectivity index (χ0n) is 16.3. The first-order valence-corrected chi connectivity index (χ1v) is 10.8. The summed E-state index contributed by atoms with van der Waals surface area (Å²) < 4.78 is 7.10. The highest BCUT2D eigenvalue weighted by molar-refractivity contribution is 9.10. The van der Waals surface area contributed by atoms with Crippen molar-refractivity contribution < 1.29 is 9.53 Å². The second-order valence-corrected chi connectivity index (χ2v) is 8.29. The molecule has 0 amide bonds. The molecule has 0 aliphatic rings. The molecule has 1 aromatic heterocycles. The number of ether oxygens (including phenoxy) is 1. The quantitative estimate of drug-likeness (QED) is 0.245. The maximum atomic E-state index is 13.1. The van der Waals surface area contributed by atoms with Gasteiger partial charge < -0.3 is 4.74 Å². The molecular formula is C21H18BrCl2N3O3. The summed E-state index contributed by atoms with van der Waals surface area (Å²) in [7, 11) is 0. The molecule has 3 rings (SSSR count). The van der Waals surface area contributed by atoms with Gasteiger partial charge >= 0.3 is 5.97 Å². The van der Waals surface area contributed by atoms with E-state index in [9.17, 15) is 9.59 Å².